The van der Waals surface area contributed by atoms with Crippen molar-refractivity contribution in [1.29, 1.82) is 5.26 Å². The second-order valence-corrected chi connectivity index (χ2v) is 9.81. The van der Waals surface area contributed by atoms with Crippen LogP contribution in [0.5, 0.6) is 0 Å². The van der Waals surface area contributed by atoms with Gasteiger partial charge in [-0.25, -0.2) is 13.1 Å². The van der Waals surface area contributed by atoms with E-state index < -0.39 is 33.4 Å². The summed E-state index contributed by atoms with van der Waals surface area (Å²) in [4.78, 5) is 12.1. The number of rotatable bonds is 6. The lowest BCUT2D eigenvalue weighted by molar-refractivity contribution is -0.140. The fourth-order valence-electron chi connectivity index (χ4n) is 3.65. The molecule has 148 valence electrons. The number of nitrogens with one attached hydrogen (secondary N) is 1. The molecule has 0 unspecified atom stereocenters. The van der Waals surface area contributed by atoms with Gasteiger partial charge in [-0.05, 0) is 23.6 Å². The van der Waals surface area contributed by atoms with E-state index in [2.05, 4.69) is 9.82 Å². The third kappa shape index (κ3) is 3.13. The van der Waals surface area contributed by atoms with Crippen LogP contribution in [-0.2, 0) is 14.8 Å². The fraction of sp³-hybridized carbons (Fsp3) is 0.211. The highest BCUT2D eigenvalue weighted by molar-refractivity contribution is 7.91. The van der Waals surface area contributed by atoms with Crippen LogP contribution < -0.4 is 4.72 Å². The Balaban J connectivity index is 1.64. The van der Waals surface area contributed by atoms with Crippen molar-refractivity contribution in [3.8, 4) is 11.1 Å². The minimum Gasteiger partial charge on any atom is -0.480 e. The monoisotopic (exact) mass is 428 g/mol. The molecule has 3 aromatic rings. The van der Waals surface area contributed by atoms with Crippen LogP contribution >= 0.6 is 11.3 Å². The van der Waals surface area contributed by atoms with Crippen molar-refractivity contribution >= 4 is 27.3 Å². The van der Waals surface area contributed by atoms with Gasteiger partial charge >= 0.3 is 5.97 Å². The van der Waals surface area contributed by atoms with E-state index in [1.807, 2.05) is 12.1 Å². The Hall–Kier alpha value is -3.00. The minimum absolute atomic E-state index is 0.0203. The predicted octanol–water partition coefficient (Wildman–Crippen LogP) is 2.34. The Bertz CT molecular complexity index is 1230. The van der Waals surface area contributed by atoms with Gasteiger partial charge in [-0.3, -0.25) is 4.79 Å². The summed E-state index contributed by atoms with van der Waals surface area (Å²) >= 11 is 0.943. The molecular weight excluding hydrogens is 412 g/mol. The number of aromatic nitrogens is 2. The first-order valence-electron chi connectivity index (χ1n) is 8.67. The van der Waals surface area contributed by atoms with E-state index in [4.69, 9.17) is 5.26 Å². The number of hydrogen-bond acceptors (Lipinski definition) is 6. The molecule has 10 heteroatoms. The molecule has 0 amide bonds. The normalized spacial score (nSPS) is 23.4. The number of hydrogen-bond donors (Lipinski definition) is 2. The zero-order valence-electron chi connectivity index (χ0n) is 15.2. The maximum Gasteiger partial charge on any atom is 0.325 e. The van der Waals surface area contributed by atoms with Gasteiger partial charge < -0.3 is 5.11 Å². The van der Waals surface area contributed by atoms with E-state index in [0.717, 1.165) is 16.9 Å². The number of nitrogens with zero attached hydrogens (tertiary/aromatic N) is 3. The number of nitriles is 1. The van der Waals surface area contributed by atoms with Crippen LogP contribution in [0.1, 0.15) is 24.0 Å². The molecular formula is C19H16N4O4S2. The molecule has 29 heavy (non-hydrogen) atoms. The fourth-order valence-corrected chi connectivity index (χ4v) is 6.34. The number of carboxylic acid groups (broad SMARTS) is 1. The number of carboxylic acids is 1. The molecule has 3 atom stereocenters. The number of benzene rings is 1. The van der Waals surface area contributed by atoms with E-state index in [0.29, 0.717) is 10.6 Å². The summed E-state index contributed by atoms with van der Waals surface area (Å²) in [6, 6.07) is 13.9. The average molecular weight is 428 g/mol. The van der Waals surface area contributed by atoms with Gasteiger partial charge in [0, 0.05) is 12.1 Å². The van der Waals surface area contributed by atoms with E-state index in [1.54, 1.807) is 37.3 Å². The molecule has 2 aromatic heterocycles. The Morgan fingerprint density at radius 2 is 2.03 bits per heavy atom. The molecule has 1 aliphatic rings. The molecule has 1 fully saturated rings. The maximum atomic E-state index is 13.0. The summed E-state index contributed by atoms with van der Waals surface area (Å²) in [5, 5.41) is 23.3. The predicted molar refractivity (Wildman–Crippen MR) is 105 cm³/mol. The minimum atomic E-state index is -4.08. The maximum absolute atomic E-state index is 13.0. The molecule has 0 bridgehead atoms. The Morgan fingerprint density at radius 3 is 2.66 bits per heavy atom. The summed E-state index contributed by atoms with van der Waals surface area (Å²) in [6.07, 6.45) is 2.87. The van der Waals surface area contributed by atoms with Crippen molar-refractivity contribution in [2.75, 3.05) is 0 Å². The average Bonchev–Trinajstić information content (AvgIpc) is 3.13. The van der Waals surface area contributed by atoms with Crippen LogP contribution in [0.25, 0.3) is 5.00 Å². The molecule has 1 aromatic carbocycles. The molecule has 8 nitrogen and oxygen atoms in total. The van der Waals surface area contributed by atoms with Gasteiger partial charge in [-0.2, -0.15) is 15.1 Å². The van der Waals surface area contributed by atoms with E-state index in [9.17, 15) is 18.3 Å². The summed E-state index contributed by atoms with van der Waals surface area (Å²) in [5.41, 5.74) is -0.467. The van der Waals surface area contributed by atoms with Crippen LogP contribution in [0, 0.1) is 17.2 Å². The van der Waals surface area contributed by atoms with Crippen molar-refractivity contribution in [2.45, 2.75) is 22.6 Å². The molecule has 0 radical (unpaired) electrons. The standard InChI is InChI=1S/C19H16N4O4S2/c1-12-17(14-5-3-2-4-6-14)19(12,18(24)25)22-29(26,27)16-8-7-15(28-16)23-11-13(9-20)10-21-23/h2-8,10-12,17,22H,1H3,(H,24,25)/t12-,17-,19+/m1/s1. The van der Waals surface area contributed by atoms with E-state index in [-0.39, 0.29) is 4.21 Å². The zero-order valence-corrected chi connectivity index (χ0v) is 16.8. The zero-order chi connectivity index (χ0) is 20.8. The summed E-state index contributed by atoms with van der Waals surface area (Å²) in [6.45, 7) is 1.72. The quantitative estimate of drug-likeness (QED) is 0.621. The van der Waals surface area contributed by atoms with Crippen molar-refractivity contribution in [1.82, 2.24) is 14.5 Å². The Morgan fingerprint density at radius 1 is 1.31 bits per heavy atom. The largest absolute Gasteiger partial charge is 0.480 e. The SMILES string of the molecule is C[C@@H]1[C@H](c2ccccc2)[C@]1(NS(=O)(=O)c1ccc(-n2cc(C#N)cn2)s1)C(=O)O. The smallest absolute Gasteiger partial charge is 0.325 e. The Kier molecular flexibility index (Phi) is 4.53. The Labute approximate surface area is 171 Å². The van der Waals surface area contributed by atoms with Crippen molar-refractivity contribution in [2.24, 2.45) is 5.92 Å². The number of aliphatic carboxylic acids is 1. The topological polar surface area (TPSA) is 125 Å². The van der Waals surface area contributed by atoms with Gasteiger partial charge in [0.05, 0.1) is 11.8 Å². The summed E-state index contributed by atoms with van der Waals surface area (Å²) in [7, 11) is -4.08. The lowest BCUT2D eigenvalue weighted by Crippen LogP contribution is -2.45. The van der Waals surface area contributed by atoms with Gasteiger partial charge in [-0.15, -0.1) is 11.3 Å². The third-order valence-corrected chi connectivity index (χ3v) is 8.24. The van der Waals surface area contributed by atoms with Crippen LogP contribution in [0.4, 0.5) is 0 Å². The van der Waals surface area contributed by atoms with E-state index >= 15 is 0 Å². The molecule has 1 saturated carbocycles. The molecule has 2 heterocycles. The molecule has 0 saturated heterocycles. The van der Waals surface area contributed by atoms with Crippen LogP contribution in [0.3, 0.4) is 0 Å². The highest BCUT2D eigenvalue weighted by Gasteiger charge is 2.70. The third-order valence-electron chi connectivity index (χ3n) is 5.19. The van der Waals surface area contributed by atoms with Gasteiger partial charge in [0.2, 0.25) is 0 Å². The van der Waals surface area contributed by atoms with Gasteiger partial charge in [-0.1, -0.05) is 37.3 Å². The second-order valence-electron chi connectivity index (χ2n) is 6.83. The molecule has 2 N–H and O–H groups in total. The lowest BCUT2D eigenvalue weighted by atomic mass is 10.1. The number of carbonyl (C=O) groups is 1. The molecule has 4 rings (SSSR count). The first-order valence-corrected chi connectivity index (χ1v) is 11.0. The first-order chi connectivity index (χ1) is 13.8. The van der Waals surface area contributed by atoms with Gasteiger partial charge in [0.1, 0.15) is 20.8 Å². The van der Waals surface area contributed by atoms with Crippen molar-refractivity contribution in [3.63, 3.8) is 0 Å². The van der Waals surface area contributed by atoms with Crippen molar-refractivity contribution in [3.05, 3.63) is 66.0 Å². The van der Waals surface area contributed by atoms with Crippen LogP contribution in [0.15, 0.2) is 59.1 Å². The number of sulfonamides is 1. The summed E-state index contributed by atoms with van der Waals surface area (Å²) < 4.78 is 29.8. The number of thiophene rings is 1. The van der Waals surface area contributed by atoms with Gasteiger partial charge in [0.25, 0.3) is 10.0 Å². The van der Waals surface area contributed by atoms with Crippen LogP contribution in [0.2, 0.25) is 0 Å². The first kappa shape index (κ1) is 19.3. The van der Waals surface area contributed by atoms with Crippen LogP contribution in [-0.4, -0.2) is 34.8 Å². The second kappa shape index (κ2) is 6.81. The molecule has 1 aliphatic carbocycles. The lowest BCUT2D eigenvalue weighted by Gasteiger charge is -2.15. The molecule has 0 spiro atoms. The highest BCUT2D eigenvalue weighted by Crippen LogP contribution is 2.58. The highest BCUT2D eigenvalue weighted by atomic mass is 32.2. The van der Waals surface area contributed by atoms with Gasteiger partial charge in [0.15, 0.2) is 0 Å². The molecule has 0 aliphatic heterocycles. The van der Waals surface area contributed by atoms with E-state index in [1.165, 1.54) is 23.1 Å². The van der Waals surface area contributed by atoms with Crippen molar-refractivity contribution < 1.29 is 18.3 Å². The summed E-state index contributed by atoms with van der Waals surface area (Å²) in [5.74, 6) is -2.06.